The molecular formula is C23H47NO2. The van der Waals surface area contributed by atoms with Gasteiger partial charge in [0.2, 0.25) is 0 Å². The minimum atomic E-state index is -0.698. The maximum absolute atomic E-state index is 10.7. The van der Waals surface area contributed by atoms with Crippen molar-refractivity contribution in [1.82, 2.24) is 5.32 Å². The van der Waals surface area contributed by atoms with Gasteiger partial charge in [0, 0.05) is 6.04 Å². The first-order valence-corrected chi connectivity index (χ1v) is 11.7. The van der Waals surface area contributed by atoms with E-state index < -0.39 is 5.97 Å². The van der Waals surface area contributed by atoms with Gasteiger partial charge in [-0.1, -0.05) is 110 Å². The number of rotatable bonds is 21. The van der Waals surface area contributed by atoms with Crippen molar-refractivity contribution in [3.63, 3.8) is 0 Å². The molecule has 1 atom stereocenters. The van der Waals surface area contributed by atoms with Crippen LogP contribution in [0.15, 0.2) is 0 Å². The Bertz CT molecular complexity index is 294. The molecule has 0 rings (SSSR count). The number of unbranched alkanes of at least 4 members (excludes halogenated alkanes) is 15. The second kappa shape index (κ2) is 20.7. The summed E-state index contributed by atoms with van der Waals surface area (Å²) in [6.07, 6.45) is 23.4. The largest absolute Gasteiger partial charge is 0.481 e. The predicted octanol–water partition coefficient (Wildman–Crippen LogP) is 7.09. The second-order valence-electron chi connectivity index (χ2n) is 7.96. The number of nitrogens with one attached hydrogen (secondary N) is 1. The molecule has 0 bridgehead atoms. The summed E-state index contributed by atoms with van der Waals surface area (Å²) in [5.41, 5.74) is 0. The lowest BCUT2D eigenvalue weighted by Crippen LogP contribution is -2.31. The Morgan fingerprint density at radius 1 is 0.692 bits per heavy atom. The smallest absolute Gasteiger partial charge is 0.304 e. The van der Waals surface area contributed by atoms with Crippen molar-refractivity contribution in [3.05, 3.63) is 0 Å². The Labute approximate surface area is 163 Å². The van der Waals surface area contributed by atoms with Crippen LogP contribution in [-0.4, -0.2) is 23.7 Å². The number of carboxylic acid groups (broad SMARTS) is 1. The van der Waals surface area contributed by atoms with Crippen LogP contribution in [0.2, 0.25) is 0 Å². The molecule has 26 heavy (non-hydrogen) atoms. The molecule has 3 heteroatoms. The van der Waals surface area contributed by atoms with Crippen LogP contribution in [0.4, 0.5) is 0 Å². The van der Waals surface area contributed by atoms with E-state index in [0.29, 0.717) is 0 Å². The molecule has 0 amide bonds. The Kier molecular flexibility index (Phi) is 20.3. The number of carboxylic acids is 1. The van der Waals surface area contributed by atoms with E-state index in [-0.39, 0.29) is 12.5 Å². The zero-order valence-corrected chi connectivity index (χ0v) is 17.9. The molecular weight excluding hydrogens is 322 g/mol. The first-order valence-electron chi connectivity index (χ1n) is 11.7. The minimum absolute atomic E-state index is 0.142. The van der Waals surface area contributed by atoms with Crippen LogP contribution in [0, 0.1) is 0 Å². The topological polar surface area (TPSA) is 49.3 Å². The van der Waals surface area contributed by atoms with Crippen molar-refractivity contribution < 1.29 is 9.90 Å². The average molecular weight is 370 g/mol. The number of hydrogen-bond acceptors (Lipinski definition) is 2. The van der Waals surface area contributed by atoms with Crippen LogP contribution < -0.4 is 5.32 Å². The summed E-state index contributed by atoms with van der Waals surface area (Å²) < 4.78 is 0. The highest BCUT2D eigenvalue weighted by atomic mass is 16.4. The standard InChI is InChI=1S/C23H47NO2/c1-3-5-6-7-8-9-10-11-12-13-14-15-16-17-18-19-20-24-22(4-2)21-23(25)26/h22,24H,3-21H2,1-2H3,(H,25,26). The molecule has 0 heterocycles. The first kappa shape index (κ1) is 25.4. The van der Waals surface area contributed by atoms with Gasteiger partial charge in [-0.05, 0) is 19.4 Å². The second-order valence-corrected chi connectivity index (χ2v) is 7.96. The zero-order chi connectivity index (χ0) is 19.3. The molecule has 0 fully saturated rings. The van der Waals surface area contributed by atoms with Crippen molar-refractivity contribution in [2.45, 2.75) is 135 Å². The third-order valence-corrected chi connectivity index (χ3v) is 5.38. The van der Waals surface area contributed by atoms with Gasteiger partial charge in [0.25, 0.3) is 0 Å². The van der Waals surface area contributed by atoms with Crippen LogP contribution in [-0.2, 0) is 4.79 Å². The summed E-state index contributed by atoms with van der Waals surface area (Å²) >= 11 is 0. The average Bonchev–Trinajstić information content (AvgIpc) is 2.63. The maximum atomic E-state index is 10.7. The molecule has 0 aliphatic carbocycles. The molecule has 0 aromatic rings. The molecule has 0 aliphatic rings. The predicted molar refractivity (Wildman–Crippen MR) is 114 cm³/mol. The molecule has 0 saturated carbocycles. The molecule has 0 aromatic heterocycles. The fourth-order valence-electron chi connectivity index (χ4n) is 3.55. The van der Waals surface area contributed by atoms with E-state index in [0.717, 1.165) is 13.0 Å². The Morgan fingerprint density at radius 3 is 1.42 bits per heavy atom. The van der Waals surface area contributed by atoms with Crippen molar-refractivity contribution in [2.24, 2.45) is 0 Å². The third kappa shape index (κ3) is 19.8. The SMILES string of the molecule is CCCCCCCCCCCCCCCCCCNC(CC)CC(=O)O. The van der Waals surface area contributed by atoms with Gasteiger partial charge >= 0.3 is 5.97 Å². The monoisotopic (exact) mass is 369 g/mol. The fraction of sp³-hybridized carbons (Fsp3) is 0.957. The van der Waals surface area contributed by atoms with E-state index in [2.05, 4.69) is 12.2 Å². The highest BCUT2D eigenvalue weighted by molar-refractivity contribution is 5.67. The quantitative estimate of drug-likeness (QED) is 0.212. The van der Waals surface area contributed by atoms with E-state index >= 15 is 0 Å². The summed E-state index contributed by atoms with van der Waals surface area (Å²) in [4.78, 5) is 10.7. The fourth-order valence-corrected chi connectivity index (χ4v) is 3.55. The van der Waals surface area contributed by atoms with Crippen LogP contribution in [0.5, 0.6) is 0 Å². The molecule has 2 N–H and O–H groups in total. The van der Waals surface area contributed by atoms with Gasteiger partial charge in [-0.15, -0.1) is 0 Å². The molecule has 0 aliphatic heterocycles. The summed E-state index contributed by atoms with van der Waals surface area (Å²) in [7, 11) is 0. The lowest BCUT2D eigenvalue weighted by molar-refractivity contribution is -0.137. The molecule has 0 spiro atoms. The van der Waals surface area contributed by atoms with Gasteiger partial charge in [0.15, 0.2) is 0 Å². The molecule has 0 saturated heterocycles. The Morgan fingerprint density at radius 2 is 1.08 bits per heavy atom. The van der Waals surface area contributed by atoms with Crippen LogP contribution in [0.1, 0.15) is 129 Å². The highest BCUT2D eigenvalue weighted by Crippen LogP contribution is 2.13. The van der Waals surface area contributed by atoms with Crippen molar-refractivity contribution in [2.75, 3.05) is 6.54 Å². The van der Waals surface area contributed by atoms with Crippen LogP contribution >= 0.6 is 0 Å². The van der Waals surface area contributed by atoms with Gasteiger partial charge in [0.05, 0.1) is 6.42 Å². The third-order valence-electron chi connectivity index (χ3n) is 5.38. The lowest BCUT2D eigenvalue weighted by atomic mass is 10.0. The van der Waals surface area contributed by atoms with E-state index in [1.807, 2.05) is 6.92 Å². The van der Waals surface area contributed by atoms with Crippen molar-refractivity contribution in [1.29, 1.82) is 0 Å². The molecule has 0 aromatic carbocycles. The van der Waals surface area contributed by atoms with E-state index in [9.17, 15) is 4.79 Å². The van der Waals surface area contributed by atoms with Crippen molar-refractivity contribution >= 4 is 5.97 Å². The van der Waals surface area contributed by atoms with Gasteiger partial charge < -0.3 is 10.4 Å². The Balaban J connectivity index is 3.14. The maximum Gasteiger partial charge on any atom is 0.304 e. The number of aliphatic carboxylic acids is 1. The highest BCUT2D eigenvalue weighted by Gasteiger charge is 2.09. The van der Waals surface area contributed by atoms with Gasteiger partial charge in [-0.2, -0.15) is 0 Å². The summed E-state index contributed by atoms with van der Waals surface area (Å²) in [5, 5.41) is 12.2. The normalized spacial score (nSPS) is 12.4. The molecule has 156 valence electrons. The van der Waals surface area contributed by atoms with E-state index in [1.54, 1.807) is 0 Å². The summed E-state index contributed by atoms with van der Waals surface area (Å²) in [5.74, 6) is -0.698. The van der Waals surface area contributed by atoms with Gasteiger partial charge in [0.1, 0.15) is 0 Å². The Hall–Kier alpha value is -0.570. The van der Waals surface area contributed by atoms with Crippen molar-refractivity contribution in [3.8, 4) is 0 Å². The van der Waals surface area contributed by atoms with Crippen LogP contribution in [0.25, 0.3) is 0 Å². The van der Waals surface area contributed by atoms with E-state index in [1.165, 1.54) is 103 Å². The number of hydrogen-bond donors (Lipinski definition) is 2. The molecule has 1 unspecified atom stereocenters. The number of carbonyl (C=O) groups is 1. The van der Waals surface area contributed by atoms with Crippen LogP contribution in [0.3, 0.4) is 0 Å². The minimum Gasteiger partial charge on any atom is -0.481 e. The van der Waals surface area contributed by atoms with E-state index in [4.69, 9.17) is 5.11 Å². The summed E-state index contributed by atoms with van der Waals surface area (Å²) in [6.45, 7) is 5.29. The first-order chi connectivity index (χ1) is 12.7. The van der Waals surface area contributed by atoms with Gasteiger partial charge in [-0.3, -0.25) is 4.79 Å². The molecule has 0 radical (unpaired) electrons. The molecule has 3 nitrogen and oxygen atoms in total. The summed E-state index contributed by atoms with van der Waals surface area (Å²) in [6, 6.07) is 0.142. The zero-order valence-electron chi connectivity index (χ0n) is 17.9. The lowest BCUT2D eigenvalue weighted by Gasteiger charge is -2.14. The van der Waals surface area contributed by atoms with Gasteiger partial charge in [-0.25, -0.2) is 0 Å².